The molecule has 0 bridgehead atoms. The summed E-state index contributed by atoms with van der Waals surface area (Å²) in [5.74, 6) is 0. The van der Waals surface area contributed by atoms with E-state index in [1.807, 2.05) is 24.3 Å². The van der Waals surface area contributed by atoms with Gasteiger partial charge in [-0.3, -0.25) is 0 Å². The highest BCUT2D eigenvalue weighted by atomic mass is 35.5. The first-order chi connectivity index (χ1) is 8.69. The van der Waals surface area contributed by atoms with Gasteiger partial charge in [0.05, 0.1) is 0 Å². The van der Waals surface area contributed by atoms with Gasteiger partial charge in [0.15, 0.2) is 0 Å². The molecular formula is C14H23ClN2O. The van der Waals surface area contributed by atoms with E-state index < -0.39 is 0 Å². The smallest absolute Gasteiger partial charge is 0.0453 e. The van der Waals surface area contributed by atoms with Crippen LogP contribution in [0.25, 0.3) is 0 Å². The number of nitrogens with two attached hydrogens (primary N) is 1. The van der Waals surface area contributed by atoms with Crippen LogP contribution in [0, 0.1) is 0 Å². The lowest BCUT2D eigenvalue weighted by Crippen LogP contribution is -2.28. The third-order valence-electron chi connectivity index (χ3n) is 3.14. The normalized spacial score (nSPS) is 12.9. The summed E-state index contributed by atoms with van der Waals surface area (Å²) in [7, 11) is 0. The van der Waals surface area contributed by atoms with Crippen molar-refractivity contribution in [2.75, 3.05) is 26.2 Å². The Balaban J connectivity index is 2.44. The molecule has 0 saturated carbocycles. The van der Waals surface area contributed by atoms with E-state index in [1.54, 1.807) is 0 Å². The van der Waals surface area contributed by atoms with Crippen LogP contribution >= 0.6 is 11.6 Å². The molecule has 1 atom stereocenters. The van der Waals surface area contributed by atoms with Gasteiger partial charge in [-0.05, 0) is 37.6 Å². The molecule has 102 valence electrons. The fourth-order valence-electron chi connectivity index (χ4n) is 1.98. The van der Waals surface area contributed by atoms with Gasteiger partial charge in [-0.2, -0.15) is 0 Å². The molecule has 0 radical (unpaired) electrons. The number of hydrogen-bond donors (Lipinski definition) is 2. The lowest BCUT2D eigenvalue weighted by Gasteiger charge is -2.22. The Hall–Kier alpha value is -0.610. The minimum absolute atomic E-state index is 0.0260. The van der Waals surface area contributed by atoms with Gasteiger partial charge in [-0.25, -0.2) is 0 Å². The molecule has 0 aliphatic rings. The molecule has 0 heterocycles. The molecule has 1 unspecified atom stereocenters. The Bertz CT molecular complexity index is 346. The molecular weight excluding hydrogens is 248 g/mol. The van der Waals surface area contributed by atoms with Crippen LogP contribution in [0.5, 0.6) is 0 Å². The van der Waals surface area contributed by atoms with Gasteiger partial charge < -0.3 is 15.7 Å². The molecule has 0 amide bonds. The zero-order chi connectivity index (χ0) is 13.4. The van der Waals surface area contributed by atoms with E-state index in [1.165, 1.54) is 0 Å². The average Bonchev–Trinajstić information content (AvgIpc) is 2.39. The highest BCUT2D eigenvalue weighted by Crippen LogP contribution is 2.23. The highest BCUT2D eigenvalue weighted by Gasteiger charge is 2.11. The average molecular weight is 271 g/mol. The second-order valence-corrected chi connectivity index (χ2v) is 4.84. The van der Waals surface area contributed by atoms with Crippen molar-refractivity contribution in [3.63, 3.8) is 0 Å². The first kappa shape index (κ1) is 15.4. The molecule has 0 aromatic heterocycles. The third kappa shape index (κ3) is 4.94. The predicted octanol–water partition coefficient (Wildman–Crippen LogP) is 2.43. The number of benzene rings is 1. The van der Waals surface area contributed by atoms with Gasteiger partial charge >= 0.3 is 0 Å². The molecule has 0 aliphatic carbocycles. The highest BCUT2D eigenvalue weighted by molar-refractivity contribution is 6.31. The van der Waals surface area contributed by atoms with Crippen molar-refractivity contribution in [1.82, 2.24) is 4.90 Å². The van der Waals surface area contributed by atoms with Crippen LogP contribution in [0.3, 0.4) is 0 Å². The Labute approximate surface area is 115 Å². The van der Waals surface area contributed by atoms with Gasteiger partial charge in [-0.15, -0.1) is 0 Å². The number of halogens is 1. The summed E-state index contributed by atoms with van der Waals surface area (Å²) >= 11 is 6.13. The van der Waals surface area contributed by atoms with Gasteiger partial charge in [0.2, 0.25) is 0 Å². The summed E-state index contributed by atoms with van der Waals surface area (Å²) in [4.78, 5) is 2.30. The van der Waals surface area contributed by atoms with Crippen LogP contribution < -0.4 is 5.73 Å². The zero-order valence-corrected chi connectivity index (χ0v) is 11.7. The van der Waals surface area contributed by atoms with E-state index in [0.717, 1.165) is 43.1 Å². The monoisotopic (exact) mass is 270 g/mol. The predicted molar refractivity (Wildman–Crippen MR) is 76.8 cm³/mol. The third-order valence-corrected chi connectivity index (χ3v) is 3.48. The summed E-state index contributed by atoms with van der Waals surface area (Å²) in [5.41, 5.74) is 7.18. The lowest BCUT2D eigenvalue weighted by molar-refractivity contribution is 0.225. The van der Waals surface area contributed by atoms with Crippen LogP contribution in [-0.4, -0.2) is 36.2 Å². The number of rotatable bonds is 8. The van der Waals surface area contributed by atoms with E-state index >= 15 is 0 Å². The number of aliphatic hydroxyl groups is 1. The number of hydrogen-bond acceptors (Lipinski definition) is 3. The first-order valence-corrected chi connectivity index (χ1v) is 6.90. The molecule has 1 aromatic carbocycles. The maximum atomic E-state index is 8.83. The van der Waals surface area contributed by atoms with Crippen LogP contribution in [-0.2, 0) is 0 Å². The molecule has 0 saturated heterocycles. The van der Waals surface area contributed by atoms with Crippen LogP contribution in [0.4, 0.5) is 0 Å². The summed E-state index contributed by atoms with van der Waals surface area (Å²) in [5, 5.41) is 9.57. The minimum atomic E-state index is -0.0260. The number of nitrogens with zero attached hydrogens (tertiary/aromatic N) is 1. The fourth-order valence-corrected chi connectivity index (χ4v) is 2.25. The van der Waals surface area contributed by atoms with E-state index in [0.29, 0.717) is 0 Å². The molecule has 4 heteroatoms. The van der Waals surface area contributed by atoms with Crippen molar-refractivity contribution in [2.24, 2.45) is 5.73 Å². The molecule has 3 nitrogen and oxygen atoms in total. The standard InChI is InChI=1S/C14H23ClN2O/c1-2-17(9-5-11-18)10-8-14(16)12-6-3-4-7-13(12)15/h3-4,6-7,14,18H,2,5,8-11,16H2,1H3. The minimum Gasteiger partial charge on any atom is -0.396 e. The van der Waals surface area contributed by atoms with Gasteiger partial charge in [0.1, 0.15) is 0 Å². The second-order valence-electron chi connectivity index (χ2n) is 4.43. The maximum absolute atomic E-state index is 8.83. The summed E-state index contributed by atoms with van der Waals surface area (Å²) in [6, 6.07) is 7.71. The van der Waals surface area contributed by atoms with E-state index in [9.17, 15) is 0 Å². The van der Waals surface area contributed by atoms with Crippen LogP contribution in [0.1, 0.15) is 31.4 Å². The Morgan fingerprint density at radius 1 is 1.33 bits per heavy atom. The van der Waals surface area contributed by atoms with Crippen molar-refractivity contribution in [3.05, 3.63) is 34.9 Å². The van der Waals surface area contributed by atoms with Crippen molar-refractivity contribution in [1.29, 1.82) is 0 Å². The van der Waals surface area contributed by atoms with E-state index in [2.05, 4.69) is 11.8 Å². The number of aliphatic hydroxyl groups excluding tert-OH is 1. The first-order valence-electron chi connectivity index (χ1n) is 6.52. The quantitative estimate of drug-likeness (QED) is 0.763. The van der Waals surface area contributed by atoms with Gasteiger partial charge in [0.25, 0.3) is 0 Å². The van der Waals surface area contributed by atoms with Crippen molar-refractivity contribution < 1.29 is 5.11 Å². The van der Waals surface area contributed by atoms with Crippen molar-refractivity contribution >= 4 is 11.6 Å². The Kier molecular flexibility index (Phi) is 7.28. The lowest BCUT2D eigenvalue weighted by atomic mass is 10.0. The fraction of sp³-hybridized carbons (Fsp3) is 0.571. The van der Waals surface area contributed by atoms with Crippen LogP contribution in [0.15, 0.2) is 24.3 Å². The maximum Gasteiger partial charge on any atom is 0.0453 e. The largest absolute Gasteiger partial charge is 0.396 e. The Morgan fingerprint density at radius 2 is 2.06 bits per heavy atom. The summed E-state index contributed by atoms with van der Waals surface area (Å²) in [6.07, 6.45) is 1.69. The van der Waals surface area contributed by atoms with Gasteiger partial charge in [-0.1, -0.05) is 36.7 Å². The second kappa shape index (κ2) is 8.48. The molecule has 18 heavy (non-hydrogen) atoms. The SMILES string of the molecule is CCN(CCCO)CCC(N)c1ccccc1Cl. The molecule has 0 spiro atoms. The van der Waals surface area contributed by atoms with Crippen molar-refractivity contribution in [2.45, 2.75) is 25.8 Å². The van der Waals surface area contributed by atoms with E-state index in [4.69, 9.17) is 22.4 Å². The van der Waals surface area contributed by atoms with Crippen LogP contribution in [0.2, 0.25) is 5.02 Å². The molecule has 0 aliphatic heterocycles. The summed E-state index contributed by atoms with van der Waals surface area (Å²) < 4.78 is 0. The summed E-state index contributed by atoms with van der Waals surface area (Å²) in [6.45, 7) is 5.20. The van der Waals surface area contributed by atoms with Crippen molar-refractivity contribution in [3.8, 4) is 0 Å². The zero-order valence-electron chi connectivity index (χ0n) is 11.0. The molecule has 1 aromatic rings. The molecule has 3 N–H and O–H groups in total. The van der Waals surface area contributed by atoms with E-state index in [-0.39, 0.29) is 12.6 Å². The molecule has 1 rings (SSSR count). The van der Waals surface area contributed by atoms with Gasteiger partial charge in [0, 0.05) is 24.2 Å². The topological polar surface area (TPSA) is 49.5 Å². The Morgan fingerprint density at radius 3 is 2.67 bits per heavy atom. The molecule has 0 fully saturated rings.